The van der Waals surface area contributed by atoms with Gasteiger partial charge in [0.2, 0.25) is 5.91 Å². The maximum Gasteiger partial charge on any atom is 0.240 e. The van der Waals surface area contributed by atoms with E-state index in [9.17, 15) is 4.79 Å². The summed E-state index contributed by atoms with van der Waals surface area (Å²) in [7, 11) is 1.74. The molecule has 0 aromatic carbocycles. The van der Waals surface area contributed by atoms with Gasteiger partial charge >= 0.3 is 0 Å². The molecule has 14 heavy (non-hydrogen) atoms. The van der Waals surface area contributed by atoms with Crippen molar-refractivity contribution in [2.75, 3.05) is 13.7 Å². The molecule has 0 aromatic heterocycles. The Labute approximate surface area is 86.1 Å². The van der Waals surface area contributed by atoms with Gasteiger partial charge in [0.1, 0.15) is 0 Å². The smallest absolute Gasteiger partial charge is 0.240 e. The molecule has 0 aliphatic rings. The number of amides is 1. The zero-order chi connectivity index (χ0) is 11.4. The van der Waals surface area contributed by atoms with E-state index < -0.39 is 11.1 Å². The van der Waals surface area contributed by atoms with Crippen molar-refractivity contribution in [3.8, 4) is 0 Å². The molecule has 4 nitrogen and oxygen atoms in total. The maximum atomic E-state index is 11.7. The van der Waals surface area contributed by atoms with Crippen molar-refractivity contribution in [1.82, 2.24) is 10.6 Å². The van der Waals surface area contributed by atoms with E-state index in [1.165, 1.54) is 0 Å². The zero-order valence-corrected chi connectivity index (χ0v) is 9.77. The zero-order valence-electron chi connectivity index (χ0n) is 9.77. The molecule has 1 unspecified atom stereocenters. The van der Waals surface area contributed by atoms with E-state index in [1.54, 1.807) is 20.9 Å². The van der Waals surface area contributed by atoms with Crippen LogP contribution in [0.3, 0.4) is 0 Å². The van der Waals surface area contributed by atoms with Crippen LogP contribution in [0, 0.1) is 0 Å². The lowest BCUT2D eigenvalue weighted by atomic mass is 9.97. The van der Waals surface area contributed by atoms with Gasteiger partial charge in [0.25, 0.3) is 0 Å². The number of aliphatic hydroxyl groups excluding tert-OH is 1. The van der Waals surface area contributed by atoms with Gasteiger partial charge in [-0.25, -0.2) is 0 Å². The summed E-state index contributed by atoms with van der Waals surface area (Å²) in [5.74, 6) is -0.0987. The first-order valence-corrected chi connectivity index (χ1v) is 4.93. The van der Waals surface area contributed by atoms with Crippen LogP contribution in [0.2, 0.25) is 0 Å². The minimum absolute atomic E-state index is 0.0466. The minimum Gasteiger partial charge on any atom is -0.394 e. The second-order valence-corrected chi connectivity index (χ2v) is 4.40. The van der Waals surface area contributed by atoms with Crippen molar-refractivity contribution in [3.63, 3.8) is 0 Å². The van der Waals surface area contributed by atoms with Gasteiger partial charge in [-0.15, -0.1) is 0 Å². The summed E-state index contributed by atoms with van der Waals surface area (Å²) in [4.78, 5) is 11.7. The van der Waals surface area contributed by atoms with Gasteiger partial charge in [-0.1, -0.05) is 6.92 Å². The van der Waals surface area contributed by atoms with Crippen molar-refractivity contribution < 1.29 is 9.90 Å². The van der Waals surface area contributed by atoms with Crippen LogP contribution < -0.4 is 10.6 Å². The average molecular weight is 202 g/mol. The van der Waals surface area contributed by atoms with Crippen LogP contribution >= 0.6 is 0 Å². The molecule has 3 N–H and O–H groups in total. The highest BCUT2D eigenvalue weighted by molar-refractivity contribution is 5.85. The summed E-state index contributed by atoms with van der Waals surface area (Å²) >= 11 is 0. The fourth-order valence-corrected chi connectivity index (χ4v) is 0.784. The third-order valence-corrected chi connectivity index (χ3v) is 2.74. The number of carbonyl (C=O) groups is 1. The van der Waals surface area contributed by atoms with E-state index in [-0.39, 0.29) is 12.5 Å². The summed E-state index contributed by atoms with van der Waals surface area (Å²) < 4.78 is 0. The van der Waals surface area contributed by atoms with Crippen molar-refractivity contribution in [2.45, 2.75) is 45.2 Å². The molecular weight excluding hydrogens is 180 g/mol. The normalized spacial score (nSPS) is 16.1. The molecule has 0 rings (SSSR count). The lowest BCUT2D eigenvalue weighted by molar-refractivity contribution is -0.128. The van der Waals surface area contributed by atoms with Gasteiger partial charge in [-0.3, -0.25) is 4.79 Å². The van der Waals surface area contributed by atoms with Crippen molar-refractivity contribution in [2.24, 2.45) is 0 Å². The lowest BCUT2D eigenvalue weighted by Gasteiger charge is -2.32. The molecule has 1 amide bonds. The Morgan fingerprint density at radius 3 is 2.14 bits per heavy atom. The Morgan fingerprint density at radius 1 is 1.36 bits per heavy atom. The van der Waals surface area contributed by atoms with Crippen LogP contribution in [0.1, 0.15) is 34.1 Å². The van der Waals surface area contributed by atoms with E-state index in [1.807, 2.05) is 13.8 Å². The second kappa shape index (κ2) is 4.75. The molecule has 0 saturated heterocycles. The number of likely N-dealkylation sites (N-methyl/N-ethyl adjacent to an activating group) is 1. The van der Waals surface area contributed by atoms with Crippen LogP contribution in [0.15, 0.2) is 0 Å². The Morgan fingerprint density at radius 2 is 1.86 bits per heavy atom. The molecule has 0 heterocycles. The predicted octanol–water partition coefficient (Wildman–Crippen LogP) is 0.262. The van der Waals surface area contributed by atoms with Gasteiger partial charge in [0.15, 0.2) is 0 Å². The first-order valence-electron chi connectivity index (χ1n) is 4.93. The highest BCUT2D eigenvalue weighted by Gasteiger charge is 2.31. The predicted molar refractivity (Wildman–Crippen MR) is 57.1 cm³/mol. The monoisotopic (exact) mass is 202 g/mol. The fraction of sp³-hybridized carbons (Fsp3) is 0.900. The highest BCUT2D eigenvalue weighted by atomic mass is 16.3. The summed E-state index contributed by atoms with van der Waals surface area (Å²) in [6.07, 6.45) is 0.703. The molecule has 1 atom stereocenters. The van der Waals surface area contributed by atoms with Gasteiger partial charge in [-0.05, 0) is 34.2 Å². The molecular formula is C10H22N2O2. The standard InChI is InChI=1S/C10H22N2O2/c1-6-10(4,7-13)12-8(14)9(2,3)11-5/h11,13H,6-7H2,1-5H3,(H,12,14). The third kappa shape index (κ3) is 3.27. The minimum atomic E-state index is -0.606. The molecule has 84 valence electrons. The first kappa shape index (κ1) is 13.4. The summed E-state index contributed by atoms with van der Waals surface area (Å²) in [5.41, 5.74) is -1.13. The molecule has 0 bridgehead atoms. The quantitative estimate of drug-likeness (QED) is 0.599. The van der Waals surface area contributed by atoms with Crippen LogP contribution in [-0.2, 0) is 4.79 Å². The maximum absolute atomic E-state index is 11.7. The number of aliphatic hydroxyl groups is 1. The van der Waals surface area contributed by atoms with Crippen molar-refractivity contribution in [3.05, 3.63) is 0 Å². The van der Waals surface area contributed by atoms with E-state index in [4.69, 9.17) is 5.11 Å². The molecule has 0 aliphatic heterocycles. The Hall–Kier alpha value is -0.610. The third-order valence-electron chi connectivity index (χ3n) is 2.74. The molecule has 4 heteroatoms. The van der Waals surface area contributed by atoms with E-state index >= 15 is 0 Å². The summed E-state index contributed by atoms with van der Waals surface area (Å²) in [6, 6.07) is 0. The topological polar surface area (TPSA) is 61.4 Å². The Bertz CT molecular complexity index is 198. The SMILES string of the molecule is CCC(C)(CO)NC(=O)C(C)(C)NC. The largest absolute Gasteiger partial charge is 0.394 e. The summed E-state index contributed by atoms with van der Waals surface area (Å²) in [6.45, 7) is 7.32. The summed E-state index contributed by atoms with van der Waals surface area (Å²) in [5, 5.41) is 14.9. The van der Waals surface area contributed by atoms with Gasteiger partial charge in [0, 0.05) is 0 Å². The number of rotatable bonds is 5. The fourth-order valence-electron chi connectivity index (χ4n) is 0.784. The van der Waals surface area contributed by atoms with Crippen molar-refractivity contribution >= 4 is 5.91 Å². The Kier molecular flexibility index (Phi) is 4.55. The lowest BCUT2D eigenvalue weighted by Crippen LogP contribution is -2.58. The average Bonchev–Trinajstić information content (AvgIpc) is 2.17. The van der Waals surface area contributed by atoms with Crippen LogP contribution in [0.4, 0.5) is 0 Å². The van der Waals surface area contributed by atoms with Gasteiger partial charge < -0.3 is 15.7 Å². The molecule has 0 fully saturated rings. The van der Waals surface area contributed by atoms with Crippen LogP contribution in [-0.4, -0.2) is 35.7 Å². The number of hydrogen-bond acceptors (Lipinski definition) is 3. The van der Waals surface area contributed by atoms with Gasteiger partial charge in [-0.2, -0.15) is 0 Å². The highest BCUT2D eigenvalue weighted by Crippen LogP contribution is 2.10. The van der Waals surface area contributed by atoms with E-state index in [0.717, 1.165) is 0 Å². The molecule has 0 aliphatic carbocycles. The van der Waals surface area contributed by atoms with Crippen LogP contribution in [0.5, 0.6) is 0 Å². The van der Waals surface area contributed by atoms with E-state index in [2.05, 4.69) is 10.6 Å². The van der Waals surface area contributed by atoms with Crippen LogP contribution in [0.25, 0.3) is 0 Å². The number of carbonyl (C=O) groups excluding carboxylic acids is 1. The molecule has 0 aromatic rings. The first-order chi connectivity index (χ1) is 6.31. The van der Waals surface area contributed by atoms with E-state index in [0.29, 0.717) is 6.42 Å². The van der Waals surface area contributed by atoms with Crippen molar-refractivity contribution in [1.29, 1.82) is 0 Å². The Balaban J connectivity index is 4.45. The number of nitrogens with one attached hydrogen (secondary N) is 2. The molecule has 0 saturated carbocycles. The second-order valence-electron chi connectivity index (χ2n) is 4.40. The molecule has 0 radical (unpaired) electrons. The molecule has 0 spiro atoms. The number of hydrogen-bond donors (Lipinski definition) is 3. The van der Waals surface area contributed by atoms with Gasteiger partial charge in [0.05, 0.1) is 17.7 Å².